The second kappa shape index (κ2) is 6.01. The molecule has 0 aliphatic rings. The Hall–Kier alpha value is -2.94. The van der Waals surface area contributed by atoms with Gasteiger partial charge in [0.05, 0.1) is 11.4 Å². The van der Waals surface area contributed by atoms with Gasteiger partial charge in [0.1, 0.15) is 0 Å². The summed E-state index contributed by atoms with van der Waals surface area (Å²) in [5.74, 6) is 0. The van der Waals surface area contributed by atoms with Crippen LogP contribution in [0.2, 0.25) is 0 Å². The van der Waals surface area contributed by atoms with Crippen LogP contribution >= 0.6 is 0 Å². The lowest BCUT2D eigenvalue weighted by atomic mass is 10.0. The van der Waals surface area contributed by atoms with Crippen molar-refractivity contribution in [2.75, 3.05) is 5.73 Å². The Morgan fingerprint density at radius 1 is 0.619 bits per heavy atom. The number of nitrogens with two attached hydrogens (primary N) is 1. The van der Waals surface area contributed by atoms with E-state index in [-0.39, 0.29) is 0 Å². The predicted octanol–water partition coefficient (Wildman–Crippen LogP) is 5.35. The van der Waals surface area contributed by atoms with E-state index >= 15 is 0 Å². The fourth-order valence-electron chi connectivity index (χ4n) is 2.07. The number of rotatable bonds is 3. The number of nitrogens with zero attached hydrogens (tertiary/aromatic N) is 2. The topological polar surface area (TPSA) is 50.7 Å². The molecule has 0 spiro atoms. The van der Waals surface area contributed by atoms with Crippen molar-refractivity contribution in [3.05, 3.63) is 78.9 Å². The maximum absolute atomic E-state index is 5.74. The molecule has 0 fully saturated rings. The Labute approximate surface area is 123 Å². The molecule has 0 atom stereocenters. The molecule has 3 heteroatoms. The van der Waals surface area contributed by atoms with Crippen LogP contribution in [0.15, 0.2) is 89.1 Å². The maximum atomic E-state index is 5.74. The molecule has 0 bridgehead atoms. The molecular formula is C18H15N3. The molecule has 3 nitrogen and oxygen atoms in total. The van der Waals surface area contributed by atoms with Crippen molar-refractivity contribution in [2.24, 2.45) is 10.2 Å². The lowest BCUT2D eigenvalue weighted by Gasteiger charge is -2.05. The summed E-state index contributed by atoms with van der Waals surface area (Å²) < 4.78 is 0. The van der Waals surface area contributed by atoms with Gasteiger partial charge in [0.2, 0.25) is 0 Å². The third-order valence-corrected chi connectivity index (χ3v) is 3.16. The summed E-state index contributed by atoms with van der Waals surface area (Å²) in [5, 5.41) is 8.65. The van der Waals surface area contributed by atoms with Gasteiger partial charge in [-0.05, 0) is 35.9 Å². The van der Waals surface area contributed by atoms with Crippen LogP contribution in [0, 0.1) is 0 Å². The normalized spacial score (nSPS) is 10.9. The average Bonchev–Trinajstić information content (AvgIpc) is 2.55. The smallest absolute Gasteiger partial charge is 0.0935 e. The first-order chi connectivity index (χ1) is 10.3. The zero-order valence-electron chi connectivity index (χ0n) is 11.5. The Morgan fingerprint density at radius 2 is 1.29 bits per heavy atom. The van der Waals surface area contributed by atoms with E-state index < -0.39 is 0 Å². The average molecular weight is 273 g/mol. The molecule has 2 N–H and O–H groups in total. The monoisotopic (exact) mass is 273 g/mol. The summed E-state index contributed by atoms with van der Waals surface area (Å²) in [6, 6.07) is 25.4. The van der Waals surface area contributed by atoms with Crippen molar-refractivity contribution >= 4 is 17.1 Å². The highest BCUT2D eigenvalue weighted by atomic mass is 15.1. The third-order valence-electron chi connectivity index (χ3n) is 3.16. The molecule has 102 valence electrons. The van der Waals surface area contributed by atoms with Crippen LogP contribution in [-0.4, -0.2) is 0 Å². The van der Waals surface area contributed by atoms with E-state index in [1.165, 1.54) is 0 Å². The molecule has 3 aromatic rings. The van der Waals surface area contributed by atoms with Gasteiger partial charge < -0.3 is 5.73 Å². The second-order valence-corrected chi connectivity index (χ2v) is 4.67. The largest absolute Gasteiger partial charge is 0.399 e. The molecule has 21 heavy (non-hydrogen) atoms. The molecule has 0 unspecified atom stereocenters. The van der Waals surface area contributed by atoms with Gasteiger partial charge in [0, 0.05) is 11.3 Å². The highest BCUT2D eigenvalue weighted by Gasteiger charge is 2.03. The second-order valence-electron chi connectivity index (χ2n) is 4.67. The first-order valence-corrected chi connectivity index (χ1v) is 6.75. The molecule has 0 amide bonds. The minimum Gasteiger partial charge on any atom is -0.399 e. The van der Waals surface area contributed by atoms with Crippen molar-refractivity contribution < 1.29 is 0 Å². The fourth-order valence-corrected chi connectivity index (χ4v) is 2.07. The van der Waals surface area contributed by atoms with E-state index in [0.717, 1.165) is 28.2 Å². The Kier molecular flexibility index (Phi) is 3.74. The van der Waals surface area contributed by atoms with Gasteiger partial charge in [-0.3, -0.25) is 0 Å². The highest BCUT2D eigenvalue weighted by molar-refractivity contribution is 5.76. The van der Waals surface area contributed by atoms with E-state index in [4.69, 9.17) is 5.73 Å². The van der Waals surface area contributed by atoms with Crippen molar-refractivity contribution in [2.45, 2.75) is 0 Å². The van der Waals surface area contributed by atoms with E-state index in [1.54, 1.807) is 0 Å². The lowest BCUT2D eigenvalue weighted by molar-refractivity contribution is 1.23. The van der Waals surface area contributed by atoms with Crippen molar-refractivity contribution in [3.63, 3.8) is 0 Å². The van der Waals surface area contributed by atoms with Crippen molar-refractivity contribution in [1.29, 1.82) is 0 Å². The molecule has 0 aliphatic heterocycles. The summed E-state index contributed by atoms with van der Waals surface area (Å²) >= 11 is 0. The summed E-state index contributed by atoms with van der Waals surface area (Å²) in [6.07, 6.45) is 0. The molecule has 0 aromatic heterocycles. The fraction of sp³-hybridized carbons (Fsp3) is 0. The van der Waals surface area contributed by atoms with Gasteiger partial charge in [-0.25, -0.2) is 0 Å². The summed E-state index contributed by atoms with van der Waals surface area (Å²) in [7, 11) is 0. The highest BCUT2D eigenvalue weighted by Crippen LogP contribution is 2.31. The number of hydrogen-bond donors (Lipinski definition) is 1. The van der Waals surface area contributed by atoms with Crippen LogP contribution in [0.1, 0.15) is 0 Å². The quantitative estimate of drug-likeness (QED) is 0.507. The van der Waals surface area contributed by atoms with Crippen molar-refractivity contribution in [1.82, 2.24) is 0 Å². The van der Waals surface area contributed by atoms with E-state index in [2.05, 4.69) is 10.2 Å². The molecular weight excluding hydrogens is 258 g/mol. The molecule has 3 aromatic carbocycles. The molecule has 0 saturated heterocycles. The maximum Gasteiger partial charge on any atom is 0.0935 e. The SMILES string of the molecule is Nc1ccc(-c2ccccc2N=Nc2ccccc2)cc1. The van der Waals surface area contributed by atoms with Crippen LogP contribution in [0.4, 0.5) is 17.1 Å². The predicted molar refractivity (Wildman–Crippen MR) is 86.9 cm³/mol. The number of nitrogen functional groups attached to an aromatic ring is 1. The first kappa shape index (κ1) is 13.1. The van der Waals surface area contributed by atoms with Gasteiger partial charge in [-0.2, -0.15) is 5.11 Å². The van der Waals surface area contributed by atoms with Crippen LogP contribution in [0.5, 0.6) is 0 Å². The van der Waals surface area contributed by atoms with Crippen molar-refractivity contribution in [3.8, 4) is 11.1 Å². The van der Waals surface area contributed by atoms with Gasteiger partial charge in [-0.15, -0.1) is 5.11 Å². The number of benzene rings is 3. The van der Waals surface area contributed by atoms with E-state index in [0.29, 0.717) is 0 Å². The lowest BCUT2D eigenvalue weighted by Crippen LogP contribution is -1.84. The molecule has 3 rings (SSSR count). The first-order valence-electron chi connectivity index (χ1n) is 6.75. The zero-order valence-corrected chi connectivity index (χ0v) is 11.5. The van der Waals surface area contributed by atoms with Crippen LogP contribution in [0.3, 0.4) is 0 Å². The number of azo groups is 1. The van der Waals surface area contributed by atoms with Gasteiger partial charge in [0.15, 0.2) is 0 Å². The summed E-state index contributed by atoms with van der Waals surface area (Å²) in [4.78, 5) is 0. The Balaban J connectivity index is 1.96. The minimum absolute atomic E-state index is 0.752. The van der Waals surface area contributed by atoms with Gasteiger partial charge in [0.25, 0.3) is 0 Å². The van der Waals surface area contributed by atoms with Crippen LogP contribution in [-0.2, 0) is 0 Å². The Morgan fingerprint density at radius 3 is 2.05 bits per heavy atom. The zero-order chi connectivity index (χ0) is 14.5. The minimum atomic E-state index is 0.752. The van der Waals surface area contributed by atoms with Gasteiger partial charge in [-0.1, -0.05) is 48.5 Å². The van der Waals surface area contributed by atoms with Crippen LogP contribution < -0.4 is 5.73 Å². The molecule has 0 saturated carbocycles. The summed E-state index contributed by atoms with van der Waals surface area (Å²) in [5.41, 5.74) is 10.3. The number of hydrogen-bond acceptors (Lipinski definition) is 3. The standard InChI is InChI=1S/C18H15N3/c19-15-12-10-14(11-13-15)17-8-4-5-9-18(17)21-20-16-6-2-1-3-7-16/h1-13H,19H2. The van der Waals surface area contributed by atoms with E-state index in [9.17, 15) is 0 Å². The summed E-state index contributed by atoms with van der Waals surface area (Å²) in [6.45, 7) is 0. The number of anilines is 1. The third kappa shape index (κ3) is 3.15. The van der Waals surface area contributed by atoms with Gasteiger partial charge >= 0.3 is 0 Å². The van der Waals surface area contributed by atoms with Crippen LogP contribution in [0.25, 0.3) is 11.1 Å². The molecule has 0 radical (unpaired) electrons. The van der Waals surface area contributed by atoms with E-state index in [1.807, 2.05) is 78.9 Å². The molecule has 0 heterocycles. The molecule has 0 aliphatic carbocycles. The Bertz CT molecular complexity index is 747.